The van der Waals surface area contributed by atoms with Crippen LogP contribution in [0.15, 0.2) is 121 Å². The summed E-state index contributed by atoms with van der Waals surface area (Å²) in [6.45, 7) is 14.5. The average Bonchev–Trinajstić information content (AvgIpc) is 3.15. The molecule has 0 aliphatic heterocycles. The standard InChI is InChI=1S/C43H57NO6Si/c1-7-20-40(41(44-33-45)46-29-36-21-12-8-13-22-36)50-51(34(2)3,35(4)5)43(6,49-32-39-27-18-11-19-28-39)42(47-30-37-23-14-9-15-24-37)48-31-38-25-16-10-17-26-38/h8-19,21-28,33-35,40-42H,7,20,29-32H2,1-6H3,(H,44,45)/t40-,41-,43-/m1/s1. The Morgan fingerprint density at radius 3 is 1.39 bits per heavy atom. The molecule has 0 aliphatic rings. The Morgan fingerprint density at radius 2 is 1.02 bits per heavy atom. The van der Waals surface area contributed by atoms with Crippen molar-refractivity contribution in [3.8, 4) is 0 Å². The molecule has 8 heteroatoms. The number of benzene rings is 4. The molecule has 274 valence electrons. The van der Waals surface area contributed by atoms with Crippen LogP contribution in [0.4, 0.5) is 0 Å². The van der Waals surface area contributed by atoms with Crippen LogP contribution in [0.25, 0.3) is 0 Å². The molecule has 7 nitrogen and oxygen atoms in total. The van der Waals surface area contributed by atoms with E-state index in [1.165, 1.54) is 0 Å². The van der Waals surface area contributed by atoms with Crippen molar-refractivity contribution >= 4 is 14.7 Å². The summed E-state index contributed by atoms with van der Waals surface area (Å²) in [5.41, 5.74) is 4.22. The van der Waals surface area contributed by atoms with Crippen molar-refractivity contribution in [3.63, 3.8) is 0 Å². The number of carbonyl (C=O) groups excluding carboxylic acids is 1. The predicted octanol–water partition coefficient (Wildman–Crippen LogP) is 9.50. The molecule has 0 unspecified atom stereocenters. The molecule has 1 N–H and O–H groups in total. The lowest BCUT2D eigenvalue weighted by Crippen LogP contribution is -2.72. The van der Waals surface area contributed by atoms with Crippen LogP contribution in [0.5, 0.6) is 0 Å². The van der Waals surface area contributed by atoms with Gasteiger partial charge in [-0.05, 0) is 46.7 Å². The van der Waals surface area contributed by atoms with Crippen molar-refractivity contribution < 1.29 is 28.2 Å². The summed E-state index contributed by atoms with van der Waals surface area (Å²) < 4.78 is 35.1. The van der Waals surface area contributed by atoms with Crippen LogP contribution in [0.1, 0.15) is 76.6 Å². The summed E-state index contributed by atoms with van der Waals surface area (Å²) in [6.07, 6.45) is 0.266. The zero-order valence-electron chi connectivity index (χ0n) is 31.2. The third-order valence-corrected chi connectivity index (χ3v) is 15.6. The van der Waals surface area contributed by atoms with Gasteiger partial charge in [-0.3, -0.25) is 4.79 Å². The average molecular weight is 712 g/mol. The normalized spacial score (nSPS) is 14.4. The smallest absolute Gasteiger partial charge is 0.235 e. The number of ether oxygens (including phenoxy) is 4. The Kier molecular flexibility index (Phi) is 16.1. The Morgan fingerprint density at radius 1 is 0.627 bits per heavy atom. The predicted molar refractivity (Wildman–Crippen MR) is 206 cm³/mol. The van der Waals surface area contributed by atoms with E-state index in [1.54, 1.807) is 0 Å². The maximum atomic E-state index is 12.1. The summed E-state index contributed by atoms with van der Waals surface area (Å²) in [5.74, 6) is 0. The van der Waals surface area contributed by atoms with Gasteiger partial charge in [-0.25, -0.2) is 0 Å². The number of nitrogens with one attached hydrogen (secondary N) is 1. The minimum Gasteiger partial charge on any atom is -0.406 e. The molecule has 4 aromatic rings. The maximum absolute atomic E-state index is 12.1. The lowest BCUT2D eigenvalue weighted by atomic mass is 10.2. The van der Waals surface area contributed by atoms with Gasteiger partial charge in [0.05, 0.1) is 32.5 Å². The van der Waals surface area contributed by atoms with Gasteiger partial charge in [0.2, 0.25) is 14.7 Å². The lowest BCUT2D eigenvalue weighted by molar-refractivity contribution is -0.242. The molecule has 4 rings (SSSR count). The van der Waals surface area contributed by atoms with Crippen molar-refractivity contribution in [2.75, 3.05) is 0 Å². The molecule has 0 aliphatic carbocycles. The number of carbonyl (C=O) groups is 1. The summed E-state index contributed by atoms with van der Waals surface area (Å²) in [7, 11) is -3.21. The first-order valence-corrected chi connectivity index (χ1v) is 20.3. The third-order valence-electron chi connectivity index (χ3n) is 9.57. The molecule has 4 aromatic carbocycles. The van der Waals surface area contributed by atoms with Crippen LogP contribution in [-0.2, 0) is 54.6 Å². The molecule has 3 atom stereocenters. The number of rotatable bonds is 23. The minimum atomic E-state index is -3.21. The molecule has 0 spiro atoms. The van der Waals surface area contributed by atoms with Gasteiger partial charge in [0, 0.05) is 0 Å². The minimum absolute atomic E-state index is 0.0479. The van der Waals surface area contributed by atoms with Gasteiger partial charge in [-0.15, -0.1) is 0 Å². The molecule has 0 fully saturated rings. The van der Waals surface area contributed by atoms with Crippen molar-refractivity contribution in [3.05, 3.63) is 144 Å². The van der Waals surface area contributed by atoms with Crippen molar-refractivity contribution in [2.45, 2.75) is 116 Å². The monoisotopic (exact) mass is 711 g/mol. The molecule has 0 saturated carbocycles. The molecule has 1 amide bonds. The van der Waals surface area contributed by atoms with Crippen LogP contribution in [0.3, 0.4) is 0 Å². The summed E-state index contributed by atoms with van der Waals surface area (Å²) in [5, 5.41) is 1.93. The van der Waals surface area contributed by atoms with Gasteiger partial charge in [-0.1, -0.05) is 162 Å². The van der Waals surface area contributed by atoms with Gasteiger partial charge in [0.15, 0.2) is 12.5 Å². The van der Waals surface area contributed by atoms with E-state index in [4.69, 9.17) is 23.4 Å². The molecule has 51 heavy (non-hydrogen) atoms. The quantitative estimate of drug-likeness (QED) is 0.0470. The largest absolute Gasteiger partial charge is 0.406 e. The maximum Gasteiger partial charge on any atom is 0.235 e. The van der Waals surface area contributed by atoms with Crippen LogP contribution < -0.4 is 5.32 Å². The van der Waals surface area contributed by atoms with E-state index in [2.05, 4.69) is 83.3 Å². The van der Waals surface area contributed by atoms with Crippen LogP contribution in [-0.4, -0.2) is 38.6 Å². The molecule has 0 radical (unpaired) electrons. The van der Waals surface area contributed by atoms with E-state index in [-0.39, 0.29) is 11.1 Å². The highest BCUT2D eigenvalue weighted by molar-refractivity contribution is 6.79. The molecule has 0 bridgehead atoms. The third kappa shape index (κ3) is 10.9. The van der Waals surface area contributed by atoms with E-state index in [9.17, 15) is 4.79 Å². The molecule has 0 saturated heterocycles. The molecular weight excluding hydrogens is 655 g/mol. The number of hydrogen-bond acceptors (Lipinski definition) is 6. The Labute approximate surface area is 306 Å². The zero-order valence-corrected chi connectivity index (χ0v) is 32.2. The summed E-state index contributed by atoms with van der Waals surface area (Å²) >= 11 is 0. The Balaban J connectivity index is 1.81. The Bertz CT molecular complexity index is 1470. The summed E-state index contributed by atoms with van der Waals surface area (Å²) in [4.78, 5) is 12.1. The van der Waals surface area contributed by atoms with E-state index in [0.29, 0.717) is 39.3 Å². The fourth-order valence-corrected chi connectivity index (χ4v) is 13.1. The second kappa shape index (κ2) is 20.4. The lowest BCUT2D eigenvalue weighted by Gasteiger charge is -2.55. The highest BCUT2D eigenvalue weighted by Gasteiger charge is 2.64. The fraction of sp³-hybridized carbons (Fsp3) is 0.419. The molecule has 0 aromatic heterocycles. The highest BCUT2D eigenvalue weighted by Crippen LogP contribution is 2.48. The van der Waals surface area contributed by atoms with Crippen molar-refractivity contribution in [2.24, 2.45) is 0 Å². The van der Waals surface area contributed by atoms with Crippen LogP contribution in [0.2, 0.25) is 11.1 Å². The first-order chi connectivity index (χ1) is 24.7. The molecule has 0 heterocycles. The first kappa shape index (κ1) is 40.1. The van der Waals surface area contributed by atoms with E-state index < -0.39 is 32.2 Å². The molecular formula is C43H57NO6Si. The SMILES string of the molecule is CCC[C@@H](O[Si](C(C)C)(C(C)C)[C@@](C)(OCc1ccccc1)C(OCc1ccccc1)OCc1ccccc1)[C@H](NC=O)OCc1ccccc1. The van der Waals surface area contributed by atoms with Gasteiger partial charge < -0.3 is 28.7 Å². The fourth-order valence-electron chi connectivity index (χ4n) is 7.13. The van der Waals surface area contributed by atoms with Gasteiger partial charge in [-0.2, -0.15) is 0 Å². The van der Waals surface area contributed by atoms with Gasteiger partial charge in [0.25, 0.3) is 0 Å². The highest BCUT2D eigenvalue weighted by atomic mass is 28.4. The number of hydrogen-bond donors (Lipinski definition) is 1. The second-order valence-electron chi connectivity index (χ2n) is 13.9. The van der Waals surface area contributed by atoms with Crippen LogP contribution in [0, 0.1) is 0 Å². The van der Waals surface area contributed by atoms with Crippen molar-refractivity contribution in [1.29, 1.82) is 0 Å². The zero-order chi connectivity index (χ0) is 36.5. The topological polar surface area (TPSA) is 75.3 Å². The van der Waals surface area contributed by atoms with E-state index in [0.717, 1.165) is 28.7 Å². The van der Waals surface area contributed by atoms with Crippen LogP contribution >= 0.6 is 0 Å². The second-order valence-corrected chi connectivity index (χ2v) is 19.0. The van der Waals surface area contributed by atoms with E-state index >= 15 is 0 Å². The van der Waals surface area contributed by atoms with E-state index in [1.807, 2.05) is 84.9 Å². The van der Waals surface area contributed by atoms with Gasteiger partial charge >= 0.3 is 0 Å². The van der Waals surface area contributed by atoms with Crippen molar-refractivity contribution in [1.82, 2.24) is 5.32 Å². The van der Waals surface area contributed by atoms with Gasteiger partial charge in [0.1, 0.15) is 5.22 Å². The first-order valence-electron chi connectivity index (χ1n) is 18.2. The number of amides is 1. The summed E-state index contributed by atoms with van der Waals surface area (Å²) in [6, 6.07) is 40.4. The Hall–Kier alpha value is -3.63.